The molecule has 0 aromatic heterocycles. The predicted octanol–water partition coefficient (Wildman–Crippen LogP) is 0.116. The van der Waals surface area contributed by atoms with Crippen LogP contribution < -0.4 is 10.6 Å². The molecule has 3 aliphatic rings. The van der Waals surface area contributed by atoms with Gasteiger partial charge in [0.2, 0.25) is 5.78 Å². The van der Waals surface area contributed by atoms with Gasteiger partial charge in [0.15, 0.2) is 5.60 Å². The summed E-state index contributed by atoms with van der Waals surface area (Å²) in [4.78, 5) is 41.2. The van der Waals surface area contributed by atoms with E-state index in [1.807, 2.05) is 19.0 Å². The number of aldehydes is 1. The highest BCUT2D eigenvalue weighted by molar-refractivity contribution is 6.24. The van der Waals surface area contributed by atoms with Crippen molar-refractivity contribution in [3.63, 3.8) is 0 Å². The van der Waals surface area contributed by atoms with Crippen LogP contribution in [0.5, 0.6) is 5.75 Å². The van der Waals surface area contributed by atoms with E-state index in [9.17, 15) is 34.8 Å². The minimum Gasteiger partial charge on any atom is -0.509 e. The quantitative estimate of drug-likeness (QED) is 0.303. The molecule has 0 saturated heterocycles. The predicted molar refractivity (Wildman–Crippen MR) is 122 cm³/mol. The number of aromatic hydroxyl groups is 1. The molecule has 4 rings (SSSR count). The summed E-state index contributed by atoms with van der Waals surface area (Å²) in [5.74, 6) is -5.73. The number of fused-ring (bicyclic) bond motifs is 3. The summed E-state index contributed by atoms with van der Waals surface area (Å²) in [5, 5.41) is 44.6. The zero-order chi connectivity index (χ0) is 25.3. The molecule has 0 spiro atoms. The van der Waals surface area contributed by atoms with Crippen LogP contribution in [-0.2, 0) is 27.2 Å². The first-order valence-corrected chi connectivity index (χ1v) is 10.9. The summed E-state index contributed by atoms with van der Waals surface area (Å²) in [6.07, 6.45) is 0.863. The Morgan fingerprint density at radius 3 is 2.29 bits per heavy atom. The maximum Gasteiger partial charge on any atom is 0.255 e. The lowest BCUT2D eigenvalue weighted by atomic mass is 9.54. The van der Waals surface area contributed by atoms with Crippen LogP contribution in [0.4, 0.5) is 5.69 Å². The Morgan fingerprint density at radius 2 is 1.76 bits per heavy atom. The van der Waals surface area contributed by atoms with E-state index < -0.39 is 51.8 Å². The SMILES string of the molecule is CN(C)c1ccc(O)c2c1C[C@H]1C[C@H]3C(C=O)(N(C)C)C(O)=C(C(N)=O)C(=O)[C@@]3(O)C(O)=C1C2. The lowest BCUT2D eigenvalue weighted by Gasteiger charge is -2.54. The highest BCUT2D eigenvalue weighted by atomic mass is 16.3. The van der Waals surface area contributed by atoms with Gasteiger partial charge in [-0.15, -0.1) is 0 Å². The summed E-state index contributed by atoms with van der Waals surface area (Å²) < 4.78 is 0. The monoisotopic (exact) mass is 471 g/mol. The van der Waals surface area contributed by atoms with Crippen LogP contribution in [0.2, 0.25) is 0 Å². The van der Waals surface area contributed by atoms with E-state index in [1.165, 1.54) is 19.0 Å². The molecule has 34 heavy (non-hydrogen) atoms. The second-order valence-electron chi connectivity index (χ2n) is 9.72. The Bertz CT molecular complexity index is 1190. The number of nitrogens with zero attached hydrogens (tertiary/aromatic N) is 2. The molecule has 6 N–H and O–H groups in total. The average molecular weight is 472 g/mol. The van der Waals surface area contributed by atoms with Gasteiger partial charge >= 0.3 is 0 Å². The highest BCUT2D eigenvalue weighted by Gasteiger charge is 2.68. The van der Waals surface area contributed by atoms with E-state index >= 15 is 0 Å². The molecule has 0 heterocycles. The number of phenolic OH excluding ortho intramolecular Hbond substituents is 1. The van der Waals surface area contributed by atoms with Gasteiger partial charge in [0.05, 0.1) is 0 Å². The molecule has 3 aliphatic carbocycles. The molecule has 0 saturated carbocycles. The van der Waals surface area contributed by atoms with Gasteiger partial charge in [-0.3, -0.25) is 14.5 Å². The highest BCUT2D eigenvalue weighted by Crippen LogP contribution is 2.55. The third-order valence-electron chi connectivity index (χ3n) is 7.75. The van der Waals surface area contributed by atoms with Crippen molar-refractivity contribution in [3.8, 4) is 5.75 Å². The number of carbonyl (C=O) groups excluding carboxylic acids is 3. The minimum atomic E-state index is -2.65. The van der Waals surface area contributed by atoms with Crippen molar-refractivity contribution < 1.29 is 34.8 Å². The Kier molecular flexibility index (Phi) is 5.30. The van der Waals surface area contributed by atoms with E-state index in [2.05, 4.69) is 0 Å². The van der Waals surface area contributed by atoms with E-state index in [0.29, 0.717) is 23.8 Å². The summed E-state index contributed by atoms with van der Waals surface area (Å²) >= 11 is 0. The number of phenols is 1. The van der Waals surface area contributed by atoms with Crippen LogP contribution in [0.15, 0.2) is 34.8 Å². The Balaban J connectivity index is 1.99. The maximum atomic E-state index is 13.3. The number of amides is 1. The first-order chi connectivity index (χ1) is 15.8. The molecule has 1 amide bonds. The molecule has 4 atom stereocenters. The van der Waals surface area contributed by atoms with E-state index in [1.54, 1.807) is 12.1 Å². The number of likely N-dealkylation sites (N-methyl/N-ethyl adjacent to an activating group) is 1. The number of anilines is 1. The molecule has 0 bridgehead atoms. The number of primary amides is 1. The van der Waals surface area contributed by atoms with Gasteiger partial charge in [0, 0.05) is 37.7 Å². The number of rotatable bonds is 4. The van der Waals surface area contributed by atoms with Crippen molar-refractivity contribution in [1.82, 2.24) is 4.90 Å². The number of Topliss-reactive ketones (excluding diaryl/α,β-unsaturated/α-hetero) is 1. The average Bonchev–Trinajstić information content (AvgIpc) is 2.76. The summed E-state index contributed by atoms with van der Waals surface area (Å²) in [5.41, 5.74) is 2.45. The molecular formula is C24H29N3O7. The summed E-state index contributed by atoms with van der Waals surface area (Å²) in [6, 6.07) is 3.34. The standard InChI is InChI=1S/C24H29N3O7/c1-26(2)15-5-6-16(29)14-9-12-11(7-13(14)15)8-17-23(10-28,27(3)4)20(31)18(22(25)33)21(32)24(17,34)19(12)30/h5-6,10-11,17,29-31,34H,7-9H2,1-4H3,(H2,25,33)/t11-,17-,23?,24-/m0/s1. The Morgan fingerprint density at radius 1 is 1.12 bits per heavy atom. The number of benzene rings is 1. The smallest absolute Gasteiger partial charge is 0.255 e. The molecule has 10 nitrogen and oxygen atoms in total. The zero-order valence-corrected chi connectivity index (χ0v) is 19.5. The molecule has 0 fully saturated rings. The molecule has 10 heteroatoms. The number of carbonyl (C=O) groups is 3. The van der Waals surface area contributed by atoms with Crippen LogP contribution in [-0.4, -0.2) is 82.6 Å². The van der Waals surface area contributed by atoms with E-state index in [-0.39, 0.29) is 18.6 Å². The lowest BCUT2D eigenvalue weighted by Crippen LogP contribution is -2.70. The van der Waals surface area contributed by atoms with Gasteiger partial charge in [-0.1, -0.05) is 0 Å². The number of hydrogen-bond acceptors (Lipinski definition) is 9. The van der Waals surface area contributed by atoms with E-state index in [0.717, 1.165) is 11.3 Å². The van der Waals surface area contributed by atoms with Crippen molar-refractivity contribution in [2.45, 2.75) is 30.4 Å². The van der Waals surface area contributed by atoms with Crippen molar-refractivity contribution in [2.75, 3.05) is 33.1 Å². The minimum absolute atomic E-state index is 0.0225. The third-order valence-corrected chi connectivity index (χ3v) is 7.75. The fourth-order valence-electron chi connectivity index (χ4n) is 6.01. The van der Waals surface area contributed by atoms with Gasteiger partial charge in [-0.2, -0.15) is 0 Å². The van der Waals surface area contributed by atoms with Crippen LogP contribution in [0.3, 0.4) is 0 Å². The van der Waals surface area contributed by atoms with Crippen LogP contribution in [0.25, 0.3) is 0 Å². The molecule has 0 aliphatic heterocycles. The van der Waals surface area contributed by atoms with Crippen LogP contribution in [0, 0.1) is 11.8 Å². The normalized spacial score (nSPS) is 30.6. The number of allylic oxidation sites excluding steroid dienone is 1. The number of nitrogens with two attached hydrogens (primary N) is 1. The summed E-state index contributed by atoms with van der Waals surface area (Å²) in [7, 11) is 6.67. The molecule has 1 aromatic rings. The van der Waals surface area contributed by atoms with Gasteiger partial charge in [-0.25, -0.2) is 0 Å². The van der Waals surface area contributed by atoms with Crippen LogP contribution >= 0.6 is 0 Å². The van der Waals surface area contributed by atoms with E-state index in [4.69, 9.17) is 5.73 Å². The van der Waals surface area contributed by atoms with Crippen molar-refractivity contribution in [1.29, 1.82) is 0 Å². The number of hydrogen-bond donors (Lipinski definition) is 5. The molecule has 1 unspecified atom stereocenters. The molecular weight excluding hydrogens is 442 g/mol. The van der Waals surface area contributed by atoms with Crippen molar-refractivity contribution >= 4 is 23.7 Å². The fourth-order valence-corrected chi connectivity index (χ4v) is 6.01. The number of aliphatic hydroxyl groups excluding tert-OH is 2. The second-order valence-corrected chi connectivity index (χ2v) is 9.72. The number of ketones is 1. The molecule has 1 aromatic carbocycles. The first kappa shape index (κ1) is 23.8. The fraction of sp³-hybridized carbons (Fsp3) is 0.458. The van der Waals surface area contributed by atoms with Gasteiger partial charge < -0.3 is 35.9 Å². The first-order valence-electron chi connectivity index (χ1n) is 10.9. The van der Waals surface area contributed by atoms with Crippen LogP contribution in [0.1, 0.15) is 17.5 Å². The number of aliphatic hydroxyl groups is 3. The van der Waals surface area contributed by atoms with Crippen molar-refractivity contribution in [3.05, 3.63) is 45.9 Å². The van der Waals surface area contributed by atoms with Gasteiger partial charge in [-0.05, 0) is 56.1 Å². The largest absolute Gasteiger partial charge is 0.509 e. The topological polar surface area (TPSA) is 165 Å². The Hall–Kier alpha value is -3.37. The van der Waals surface area contributed by atoms with Gasteiger partial charge in [0.1, 0.15) is 34.7 Å². The zero-order valence-electron chi connectivity index (χ0n) is 19.5. The third kappa shape index (κ3) is 2.78. The summed E-state index contributed by atoms with van der Waals surface area (Å²) in [6.45, 7) is 0. The molecule has 182 valence electrons. The second kappa shape index (κ2) is 7.57. The maximum absolute atomic E-state index is 13.3. The molecule has 0 radical (unpaired) electrons. The lowest BCUT2D eigenvalue weighted by molar-refractivity contribution is -0.158. The Labute approximate surface area is 196 Å². The van der Waals surface area contributed by atoms with Gasteiger partial charge in [0.25, 0.3) is 5.91 Å². The van der Waals surface area contributed by atoms with Crippen molar-refractivity contribution in [2.24, 2.45) is 17.6 Å².